The van der Waals surface area contributed by atoms with Crippen molar-refractivity contribution < 1.29 is 0 Å². The molecule has 2 unspecified atom stereocenters. The molecule has 0 amide bonds. The summed E-state index contributed by atoms with van der Waals surface area (Å²) < 4.78 is 1.16. The van der Waals surface area contributed by atoms with Crippen molar-refractivity contribution in [3.05, 3.63) is 11.6 Å². The topological polar surface area (TPSA) is 49.3 Å². The Morgan fingerprint density at radius 3 is 3.11 bits per heavy atom. The van der Waals surface area contributed by atoms with E-state index in [1.807, 2.05) is 30.4 Å². The van der Waals surface area contributed by atoms with Crippen molar-refractivity contribution >= 4 is 29.1 Å². The molecule has 18 heavy (non-hydrogen) atoms. The van der Waals surface area contributed by atoms with Gasteiger partial charge in [-0.15, -0.1) is 11.3 Å². The highest BCUT2D eigenvalue weighted by molar-refractivity contribution is 8.00. The number of hydrogen-bond acceptors (Lipinski definition) is 4. The van der Waals surface area contributed by atoms with E-state index >= 15 is 0 Å². The molecular weight excluding hydrogens is 264 g/mol. The Balaban J connectivity index is 1.54. The Hall–Kier alpha value is -0.750. The van der Waals surface area contributed by atoms with Crippen molar-refractivity contribution in [2.75, 3.05) is 19.3 Å². The lowest BCUT2D eigenvalue weighted by Crippen LogP contribution is -2.39. The summed E-state index contributed by atoms with van der Waals surface area (Å²) in [6.45, 7) is 3.22. The fraction of sp³-hybridized carbons (Fsp3) is 0.667. The molecule has 1 fully saturated rings. The van der Waals surface area contributed by atoms with E-state index in [-0.39, 0.29) is 0 Å². The lowest BCUT2D eigenvalue weighted by atomic mass is 10.4. The fourth-order valence-electron chi connectivity index (χ4n) is 1.61. The molecule has 0 bridgehead atoms. The summed E-state index contributed by atoms with van der Waals surface area (Å²) in [5.41, 5.74) is 0. The first kappa shape index (κ1) is 13.7. The third kappa shape index (κ3) is 4.49. The average molecular weight is 284 g/mol. The number of nitrogens with one attached hydrogen (secondary N) is 2. The Kier molecular flexibility index (Phi) is 5.31. The quantitative estimate of drug-likeness (QED) is 0.364. The van der Waals surface area contributed by atoms with E-state index in [0.29, 0.717) is 6.04 Å². The Morgan fingerprint density at radius 1 is 1.67 bits per heavy atom. The number of thioether (sulfide) groups is 1. The molecule has 1 heterocycles. The molecule has 1 aromatic rings. The molecule has 100 valence electrons. The van der Waals surface area contributed by atoms with Crippen molar-refractivity contribution in [3.8, 4) is 0 Å². The van der Waals surface area contributed by atoms with E-state index in [9.17, 15) is 0 Å². The van der Waals surface area contributed by atoms with E-state index in [0.717, 1.165) is 34.9 Å². The van der Waals surface area contributed by atoms with Crippen LogP contribution in [0.1, 0.15) is 19.8 Å². The number of rotatable bonds is 6. The summed E-state index contributed by atoms with van der Waals surface area (Å²) in [5.74, 6) is 2.82. The van der Waals surface area contributed by atoms with Gasteiger partial charge in [-0.1, -0.05) is 18.7 Å². The van der Waals surface area contributed by atoms with Gasteiger partial charge in [0.25, 0.3) is 0 Å². The standard InChI is InChI=1S/C12H20N4S2/c1-9-8-10(9)16-11(13-2)14-4-3-6-17-12-15-5-7-18-12/h5,7,9-10H,3-4,6,8H2,1-2H3,(H2,13,14,16). The summed E-state index contributed by atoms with van der Waals surface area (Å²) in [7, 11) is 1.83. The fourth-order valence-corrected chi connectivity index (χ4v) is 3.26. The lowest BCUT2D eigenvalue weighted by Gasteiger charge is -2.10. The predicted octanol–water partition coefficient (Wildman–Crippen LogP) is 2.20. The molecule has 1 aliphatic carbocycles. The number of thiazole rings is 1. The minimum Gasteiger partial charge on any atom is -0.356 e. The first-order chi connectivity index (χ1) is 8.79. The number of aliphatic imine (C=N–C) groups is 1. The molecule has 2 N–H and O–H groups in total. The van der Waals surface area contributed by atoms with Crippen LogP contribution in [0.2, 0.25) is 0 Å². The summed E-state index contributed by atoms with van der Waals surface area (Å²) in [4.78, 5) is 8.47. The molecule has 6 heteroatoms. The molecule has 2 atom stereocenters. The largest absolute Gasteiger partial charge is 0.356 e. The van der Waals surface area contributed by atoms with Gasteiger partial charge in [-0.05, 0) is 18.8 Å². The minimum atomic E-state index is 0.626. The van der Waals surface area contributed by atoms with Crippen LogP contribution < -0.4 is 10.6 Å². The van der Waals surface area contributed by atoms with Gasteiger partial charge in [-0.3, -0.25) is 4.99 Å². The summed E-state index contributed by atoms with van der Waals surface area (Å²) in [5, 5.41) is 8.78. The van der Waals surface area contributed by atoms with E-state index in [2.05, 4.69) is 27.5 Å². The summed E-state index contributed by atoms with van der Waals surface area (Å²) in [6.07, 6.45) is 4.24. The van der Waals surface area contributed by atoms with Crippen LogP contribution in [0.25, 0.3) is 0 Å². The molecule has 0 radical (unpaired) electrons. The van der Waals surface area contributed by atoms with Gasteiger partial charge in [-0.2, -0.15) is 0 Å². The highest BCUT2D eigenvalue weighted by Crippen LogP contribution is 2.28. The Morgan fingerprint density at radius 2 is 2.50 bits per heavy atom. The van der Waals surface area contributed by atoms with Crippen LogP contribution in [0.15, 0.2) is 20.9 Å². The number of guanidine groups is 1. The van der Waals surface area contributed by atoms with Gasteiger partial charge in [0.2, 0.25) is 0 Å². The van der Waals surface area contributed by atoms with Crippen molar-refractivity contribution in [2.24, 2.45) is 10.9 Å². The summed E-state index contributed by atoms with van der Waals surface area (Å²) in [6, 6.07) is 0.626. The molecule has 0 aromatic carbocycles. The first-order valence-corrected chi connectivity index (χ1v) is 8.15. The SMILES string of the molecule is CN=C(NCCCSc1nccs1)NC1CC1C. The molecule has 1 saturated carbocycles. The van der Waals surface area contributed by atoms with Crippen LogP contribution >= 0.6 is 23.1 Å². The second-order valence-corrected chi connectivity index (χ2v) is 6.70. The van der Waals surface area contributed by atoms with Gasteiger partial charge >= 0.3 is 0 Å². The van der Waals surface area contributed by atoms with Crippen LogP contribution in [0.4, 0.5) is 0 Å². The molecule has 0 spiro atoms. The third-order valence-corrected chi connectivity index (χ3v) is 4.96. The maximum Gasteiger partial charge on any atom is 0.191 e. The van der Waals surface area contributed by atoms with E-state index in [4.69, 9.17) is 0 Å². The zero-order valence-electron chi connectivity index (χ0n) is 10.8. The molecule has 4 nitrogen and oxygen atoms in total. The Bertz CT molecular complexity index is 377. The molecule has 1 aliphatic rings. The van der Waals surface area contributed by atoms with E-state index in [1.165, 1.54) is 6.42 Å². The second kappa shape index (κ2) is 6.99. The van der Waals surface area contributed by atoms with E-state index < -0.39 is 0 Å². The maximum absolute atomic E-state index is 4.25. The minimum absolute atomic E-state index is 0.626. The van der Waals surface area contributed by atoms with Crippen LogP contribution in [0, 0.1) is 5.92 Å². The summed E-state index contributed by atoms with van der Waals surface area (Å²) >= 11 is 3.52. The first-order valence-electron chi connectivity index (χ1n) is 6.29. The van der Waals surface area contributed by atoms with E-state index in [1.54, 1.807) is 11.3 Å². The van der Waals surface area contributed by atoms with Gasteiger partial charge in [0, 0.05) is 37.0 Å². The van der Waals surface area contributed by atoms with Gasteiger partial charge in [-0.25, -0.2) is 4.98 Å². The van der Waals surface area contributed by atoms with Crippen LogP contribution in [0.5, 0.6) is 0 Å². The van der Waals surface area contributed by atoms with Crippen molar-refractivity contribution in [2.45, 2.75) is 30.1 Å². The monoisotopic (exact) mass is 284 g/mol. The highest BCUT2D eigenvalue weighted by atomic mass is 32.2. The highest BCUT2D eigenvalue weighted by Gasteiger charge is 2.32. The predicted molar refractivity (Wildman–Crippen MR) is 79.5 cm³/mol. The number of hydrogen-bond donors (Lipinski definition) is 2. The van der Waals surface area contributed by atoms with Crippen LogP contribution in [0.3, 0.4) is 0 Å². The number of nitrogens with zero attached hydrogens (tertiary/aromatic N) is 2. The molecule has 0 aliphatic heterocycles. The zero-order chi connectivity index (χ0) is 12.8. The lowest BCUT2D eigenvalue weighted by molar-refractivity contribution is 0.753. The number of aromatic nitrogens is 1. The van der Waals surface area contributed by atoms with Gasteiger partial charge in [0.05, 0.1) is 0 Å². The van der Waals surface area contributed by atoms with Gasteiger partial charge < -0.3 is 10.6 Å². The molecule has 1 aromatic heterocycles. The zero-order valence-corrected chi connectivity index (χ0v) is 12.5. The molecule has 2 rings (SSSR count). The third-order valence-electron chi connectivity index (χ3n) is 2.90. The smallest absolute Gasteiger partial charge is 0.191 e. The van der Waals surface area contributed by atoms with Crippen molar-refractivity contribution in [1.29, 1.82) is 0 Å². The molecular formula is C12H20N4S2. The van der Waals surface area contributed by atoms with Gasteiger partial charge in [0.1, 0.15) is 4.34 Å². The normalized spacial score (nSPS) is 22.9. The van der Waals surface area contributed by atoms with Crippen LogP contribution in [-0.4, -0.2) is 36.3 Å². The Labute approximate surface area is 117 Å². The van der Waals surface area contributed by atoms with Gasteiger partial charge in [0.15, 0.2) is 5.96 Å². The second-order valence-electron chi connectivity index (χ2n) is 4.46. The van der Waals surface area contributed by atoms with Crippen molar-refractivity contribution in [3.63, 3.8) is 0 Å². The van der Waals surface area contributed by atoms with Crippen LogP contribution in [-0.2, 0) is 0 Å². The molecule has 0 saturated heterocycles. The van der Waals surface area contributed by atoms with Crippen molar-refractivity contribution in [1.82, 2.24) is 15.6 Å². The maximum atomic E-state index is 4.25. The average Bonchev–Trinajstić information content (AvgIpc) is 2.86.